The SMILES string of the molecule is CCCNC(C)c1cnn(Cc2cccc(F)c2)c1C. The molecule has 1 unspecified atom stereocenters. The van der Waals surface area contributed by atoms with E-state index in [2.05, 4.69) is 31.2 Å². The summed E-state index contributed by atoms with van der Waals surface area (Å²) in [6, 6.07) is 6.95. The predicted octanol–water partition coefficient (Wildman–Crippen LogP) is 3.44. The Hall–Kier alpha value is -1.68. The van der Waals surface area contributed by atoms with E-state index in [1.807, 2.05) is 16.9 Å². The third kappa shape index (κ3) is 3.45. The van der Waals surface area contributed by atoms with E-state index in [0.29, 0.717) is 6.54 Å². The van der Waals surface area contributed by atoms with E-state index in [4.69, 9.17) is 0 Å². The second-order valence-electron chi connectivity index (χ2n) is 5.15. The van der Waals surface area contributed by atoms with Crippen LogP contribution < -0.4 is 5.32 Å². The van der Waals surface area contributed by atoms with Gasteiger partial charge in [0, 0.05) is 17.3 Å². The quantitative estimate of drug-likeness (QED) is 0.875. The molecule has 0 bridgehead atoms. The zero-order chi connectivity index (χ0) is 14.5. The smallest absolute Gasteiger partial charge is 0.123 e. The molecule has 0 aliphatic carbocycles. The van der Waals surface area contributed by atoms with Gasteiger partial charge in [0.25, 0.3) is 0 Å². The molecule has 1 heterocycles. The van der Waals surface area contributed by atoms with Crippen molar-refractivity contribution >= 4 is 0 Å². The molecule has 4 heteroatoms. The fourth-order valence-electron chi connectivity index (χ4n) is 2.32. The Morgan fingerprint density at radius 2 is 2.20 bits per heavy atom. The molecular formula is C16H22FN3. The summed E-state index contributed by atoms with van der Waals surface area (Å²) in [5, 5.41) is 7.89. The zero-order valence-corrected chi connectivity index (χ0v) is 12.4. The van der Waals surface area contributed by atoms with Crippen molar-refractivity contribution in [2.45, 2.75) is 39.8 Å². The maximum Gasteiger partial charge on any atom is 0.123 e. The van der Waals surface area contributed by atoms with E-state index in [0.717, 1.165) is 24.2 Å². The van der Waals surface area contributed by atoms with Gasteiger partial charge in [0.1, 0.15) is 5.82 Å². The Morgan fingerprint density at radius 3 is 2.90 bits per heavy atom. The molecule has 0 amide bonds. The largest absolute Gasteiger partial charge is 0.310 e. The normalized spacial score (nSPS) is 12.6. The minimum Gasteiger partial charge on any atom is -0.310 e. The van der Waals surface area contributed by atoms with Crippen LogP contribution in [0.3, 0.4) is 0 Å². The first-order valence-corrected chi connectivity index (χ1v) is 7.12. The first kappa shape index (κ1) is 14.7. The third-order valence-corrected chi connectivity index (χ3v) is 3.53. The van der Waals surface area contributed by atoms with Crippen molar-refractivity contribution in [2.75, 3.05) is 6.54 Å². The Balaban J connectivity index is 2.12. The highest BCUT2D eigenvalue weighted by atomic mass is 19.1. The number of rotatable bonds is 6. The van der Waals surface area contributed by atoms with Crippen LogP contribution in [0.5, 0.6) is 0 Å². The molecule has 1 aromatic heterocycles. The molecule has 0 fully saturated rings. The van der Waals surface area contributed by atoms with Crippen molar-refractivity contribution in [3.8, 4) is 0 Å². The summed E-state index contributed by atoms with van der Waals surface area (Å²) in [5.41, 5.74) is 3.26. The standard InChI is InChI=1S/C16H22FN3/c1-4-8-18-12(2)16-10-19-20(13(16)3)11-14-6-5-7-15(17)9-14/h5-7,9-10,12,18H,4,8,11H2,1-3H3. The Labute approximate surface area is 119 Å². The first-order valence-electron chi connectivity index (χ1n) is 7.12. The van der Waals surface area contributed by atoms with E-state index < -0.39 is 0 Å². The Morgan fingerprint density at radius 1 is 1.40 bits per heavy atom. The molecule has 0 spiro atoms. The van der Waals surface area contributed by atoms with Crippen LogP contribution in [-0.4, -0.2) is 16.3 Å². The number of aromatic nitrogens is 2. The Bertz CT molecular complexity index is 563. The number of benzene rings is 1. The molecule has 1 aromatic carbocycles. The van der Waals surface area contributed by atoms with E-state index >= 15 is 0 Å². The maximum atomic E-state index is 13.2. The van der Waals surface area contributed by atoms with Gasteiger partial charge >= 0.3 is 0 Å². The molecular weight excluding hydrogens is 253 g/mol. The van der Waals surface area contributed by atoms with Gasteiger partial charge < -0.3 is 5.32 Å². The second kappa shape index (κ2) is 6.66. The molecule has 2 rings (SSSR count). The summed E-state index contributed by atoms with van der Waals surface area (Å²) in [6.45, 7) is 7.96. The number of nitrogens with one attached hydrogen (secondary N) is 1. The lowest BCUT2D eigenvalue weighted by Crippen LogP contribution is -2.19. The molecule has 0 aliphatic rings. The van der Waals surface area contributed by atoms with E-state index in [1.165, 1.54) is 11.6 Å². The minimum atomic E-state index is -0.203. The number of hydrogen-bond acceptors (Lipinski definition) is 2. The van der Waals surface area contributed by atoms with Gasteiger partial charge in [-0.15, -0.1) is 0 Å². The van der Waals surface area contributed by atoms with Crippen molar-refractivity contribution in [1.29, 1.82) is 0 Å². The van der Waals surface area contributed by atoms with Gasteiger partial charge in [-0.2, -0.15) is 5.10 Å². The molecule has 108 valence electrons. The lowest BCUT2D eigenvalue weighted by Gasteiger charge is -2.13. The predicted molar refractivity (Wildman–Crippen MR) is 79.2 cm³/mol. The van der Waals surface area contributed by atoms with E-state index in [1.54, 1.807) is 12.1 Å². The van der Waals surface area contributed by atoms with Crippen molar-refractivity contribution in [3.63, 3.8) is 0 Å². The first-order chi connectivity index (χ1) is 9.61. The van der Waals surface area contributed by atoms with Gasteiger partial charge in [-0.3, -0.25) is 4.68 Å². The average Bonchev–Trinajstić information content (AvgIpc) is 2.78. The summed E-state index contributed by atoms with van der Waals surface area (Å²) < 4.78 is 15.1. The van der Waals surface area contributed by atoms with Crippen LogP contribution in [0.1, 0.15) is 43.1 Å². The van der Waals surface area contributed by atoms with Crippen LogP contribution in [0, 0.1) is 12.7 Å². The minimum absolute atomic E-state index is 0.203. The van der Waals surface area contributed by atoms with Crippen LogP contribution in [0.25, 0.3) is 0 Å². The van der Waals surface area contributed by atoms with Crippen LogP contribution >= 0.6 is 0 Å². The average molecular weight is 275 g/mol. The Kier molecular flexibility index (Phi) is 4.90. The highest BCUT2D eigenvalue weighted by molar-refractivity contribution is 5.22. The summed E-state index contributed by atoms with van der Waals surface area (Å²) in [6.07, 6.45) is 3.02. The molecule has 0 saturated heterocycles. The number of nitrogens with zero attached hydrogens (tertiary/aromatic N) is 2. The fourth-order valence-corrected chi connectivity index (χ4v) is 2.32. The fraction of sp³-hybridized carbons (Fsp3) is 0.438. The highest BCUT2D eigenvalue weighted by Crippen LogP contribution is 2.18. The van der Waals surface area contributed by atoms with E-state index in [-0.39, 0.29) is 11.9 Å². The van der Waals surface area contributed by atoms with Crippen molar-refractivity contribution < 1.29 is 4.39 Å². The van der Waals surface area contributed by atoms with Gasteiger partial charge in [-0.1, -0.05) is 19.1 Å². The van der Waals surface area contributed by atoms with Crippen LogP contribution in [-0.2, 0) is 6.54 Å². The lowest BCUT2D eigenvalue weighted by molar-refractivity contribution is 0.565. The highest BCUT2D eigenvalue weighted by Gasteiger charge is 2.12. The molecule has 1 N–H and O–H groups in total. The molecule has 1 atom stereocenters. The van der Waals surface area contributed by atoms with Crippen LogP contribution in [0.15, 0.2) is 30.5 Å². The molecule has 20 heavy (non-hydrogen) atoms. The molecule has 0 aliphatic heterocycles. The maximum absolute atomic E-state index is 13.2. The van der Waals surface area contributed by atoms with Gasteiger partial charge in [-0.05, 0) is 44.5 Å². The van der Waals surface area contributed by atoms with Crippen LogP contribution in [0.2, 0.25) is 0 Å². The topological polar surface area (TPSA) is 29.9 Å². The van der Waals surface area contributed by atoms with Crippen molar-refractivity contribution in [2.24, 2.45) is 0 Å². The van der Waals surface area contributed by atoms with Crippen molar-refractivity contribution in [3.05, 3.63) is 53.1 Å². The lowest BCUT2D eigenvalue weighted by atomic mass is 10.1. The van der Waals surface area contributed by atoms with Crippen molar-refractivity contribution in [1.82, 2.24) is 15.1 Å². The molecule has 2 aromatic rings. The number of halogens is 1. The zero-order valence-electron chi connectivity index (χ0n) is 12.4. The second-order valence-corrected chi connectivity index (χ2v) is 5.15. The summed E-state index contributed by atoms with van der Waals surface area (Å²) in [4.78, 5) is 0. The monoisotopic (exact) mass is 275 g/mol. The summed E-state index contributed by atoms with van der Waals surface area (Å²) in [7, 11) is 0. The third-order valence-electron chi connectivity index (χ3n) is 3.53. The molecule has 3 nitrogen and oxygen atoms in total. The molecule has 0 saturated carbocycles. The summed E-state index contributed by atoms with van der Waals surface area (Å²) in [5.74, 6) is -0.203. The number of hydrogen-bond donors (Lipinski definition) is 1. The van der Waals surface area contributed by atoms with Gasteiger partial charge in [0.2, 0.25) is 0 Å². The van der Waals surface area contributed by atoms with Gasteiger partial charge in [0.05, 0.1) is 12.7 Å². The van der Waals surface area contributed by atoms with Gasteiger partial charge in [0.15, 0.2) is 0 Å². The summed E-state index contributed by atoms with van der Waals surface area (Å²) >= 11 is 0. The van der Waals surface area contributed by atoms with Crippen LogP contribution in [0.4, 0.5) is 4.39 Å². The molecule has 0 radical (unpaired) electrons. The van der Waals surface area contributed by atoms with Gasteiger partial charge in [-0.25, -0.2) is 4.39 Å². The van der Waals surface area contributed by atoms with E-state index in [9.17, 15) is 4.39 Å².